The predicted molar refractivity (Wildman–Crippen MR) is 139 cm³/mol. The molecule has 0 fully saturated rings. The number of phenols is 1. The average Bonchev–Trinajstić information content (AvgIpc) is 3.19. The Kier molecular flexibility index (Phi) is 7.10. The monoisotopic (exact) mass is 511 g/mol. The van der Waals surface area contributed by atoms with Gasteiger partial charge in [0.1, 0.15) is 5.75 Å². The van der Waals surface area contributed by atoms with Gasteiger partial charge in [0.05, 0.1) is 17.4 Å². The van der Waals surface area contributed by atoms with Gasteiger partial charge in [-0.15, -0.1) is 0 Å². The normalized spacial score (nSPS) is 14.3. The van der Waals surface area contributed by atoms with Crippen LogP contribution < -0.4 is 0 Å². The minimum absolute atomic E-state index is 0.112. The number of fused-ring (bicyclic) bond motifs is 1. The molecule has 0 saturated carbocycles. The number of aromatic hydroxyl groups is 1. The first kappa shape index (κ1) is 26.7. The van der Waals surface area contributed by atoms with E-state index in [0.717, 1.165) is 22.2 Å². The lowest BCUT2D eigenvalue weighted by Crippen LogP contribution is -2.50. The number of hydrogen-bond donors (Lipinski definition) is 3. The number of nitrogens with zero attached hydrogens (tertiary/aromatic N) is 2. The number of alkyl halides is 3. The zero-order chi connectivity index (χ0) is 27.0. The maximum atomic E-state index is 14.4. The summed E-state index contributed by atoms with van der Waals surface area (Å²) in [5.74, 6) is -0.112. The number of pyridine rings is 1. The number of rotatable bonds is 8. The van der Waals surface area contributed by atoms with Gasteiger partial charge in [-0.25, -0.2) is 0 Å². The van der Waals surface area contributed by atoms with E-state index in [-0.39, 0.29) is 11.4 Å². The van der Waals surface area contributed by atoms with Gasteiger partial charge in [0.25, 0.3) is 0 Å². The molecule has 196 valence electrons. The van der Waals surface area contributed by atoms with Crippen molar-refractivity contribution < 1.29 is 23.4 Å². The summed E-state index contributed by atoms with van der Waals surface area (Å²) >= 11 is 0. The zero-order valence-corrected chi connectivity index (χ0v) is 21.4. The fraction of sp³-hybridized carbons (Fsp3) is 0.345. The van der Waals surface area contributed by atoms with Gasteiger partial charge >= 0.3 is 6.18 Å². The minimum Gasteiger partial charge on any atom is -0.508 e. The molecule has 2 aromatic heterocycles. The van der Waals surface area contributed by atoms with Crippen molar-refractivity contribution in [3.8, 4) is 16.9 Å². The fourth-order valence-electron chi connectivity index (χ4n) is 4.94. The van der Waals surface area contributed by atoms with E-state index in [4.69, 9.17) is 0 Å². The van der Waals surface area contributed by atoms with Gasteiger partial charge in [-0.1, -0.05) is 50.2 Å². The first-order chi connectivity index (χ1) is 17.3. The number of aromatic amines is 1. The number of aromatic nitrogens is 2. The summed E-state index contributed by atoms with van der Waals surface area (Å²) < 4.78 is 43.2. The molecule has 4 aromatic rings. The van der Waals surface area contributed by atoms with Crippen LogP contribution in [0.3, 0.4) is 0 Å². The molecule has 0 saturated heterocycles. The van der Waals surface area contributed by atoms with Crippen LogP contribution in [0.1, 0.15) is 37.2 Å². The summed E-state index contributed by atoms with van der Waals surface area (Å²) in [5.41, 5.74) is -0.585. The Bertz CT molecular complexity index is 1380. The molecular weight excluding hydrogens is 479 g/mol. The zero-order valence-electron chi connectivity index (χ0n) is 21.4. The molecule has 2 aromatic carbocycles. The molecule has 4 rings (SSSR count). The number of benzene rings is 2. The Hall–Kier alpha value is -3.36. The standard InChI is InChI=1S/C29H32F3N3O2/c1-27(2,24-14-20(10-11-26(24)36)19-8-6-5-7-9-19)18-28(37,29(30,31)32)15-22-12-21-13-23(17-35(3)4)33-16-25(21)34-22/h5-14,16,34,36-37H,15,17-18H2,1-4H3. The molecule has 1 unspecified atom stereocenters. The summed E-state index contributed by atoms with van der Waals surface area (Å²) in [7, 11) is 3.82. The van der Waals surface area contributed by atoms with Crippen LogP contribution in [0.25, 0.3) is 22.0 Å². The van der Waals surface area contributed by atoms with Crippen molar-refractivity contribution in [2.24, 2.45) is 0 Å². The van der Waals surface area contributed by atoms with Gasteiger partial charge in [0, 0.05) is 29.6 Å². The highest BCUT2D eigenvalue weighted by Gasteiger charge is 2.56. The predicted octanol–water partition coefficient (Wildman–Crippen LogP) is 6.20. The van der Waals surface area contributed by atoms with Crippen molar-refractivity contribution in [2.45, 2.75) is 50.4 Å². The van der Waals surface area contributed by atoms with Gasteiger partial charge < -0.3 is 20.1 Å². The second kappa shape index (κ2) is 9.84. The van der Waals surface area contributed by atoms with Gasteiger partial charge in [-0.05, 0) is 61.3 Å². The second-order valence-corrected chi connectivity index (χ2v) is 10.7. The first-order valence-electron chi connectivity index (χ1n) is 12.1. The molecule has 0 bridgehead atoms. The van der Waals surface area contributed by atoms with E-state index in [0.29, 0.717) is 17.6 Å². The SMILES string of the molecule is CN(C)Cc1cc2cc(CC(O)(CC(C)(C)c3cc(-c4ccccc4)ccc3O)C(F)(F)F)[nH]c2cn1. The quantitative estimate of drug-likeness (QED) is 0.263. The van der Waals surface area contributed by atoms with Crippen LogP contribution in [0.5, 0.6) is 5.75 Å². The van der Waals surface area contributed by atoms with Gasteiger partial charge in [0.2, 0.25) is 0 Å². The van der Waals surface area contributed by atoms with Crippen molar-refractivity contribution in [1.29, 1.82) is 0 Å². The number of H-pyrrole nitrogens is 1. The lowest BCUT2D eigenvalue weighted by Gasteiger charge is -2.38. The molecule has 0 spiro atoms. The Morgan fingerprint density at radius 2 is 1.65 bits per heavy atom. The molecule has 0 amide bonds. The third-order valence-corrected chi connectivity index (χ3v) is 6.67. The number of nitrogens with one attached hydrogen (secondary N) is 1. The molecule has 3 N–H and O–H groups in total. The van der Waals surface area contributed by atoms with Crippen LogP contribution in [-0.4, -0.2) is 51.0 Å². The summed E-state index contributed by atoms with van der Waals surface area (Å²) in [6.07, 6.45) is -4.60. The highest BCUT2D eigenvalue weighted by Crippen LogP contribution is 2.45. The third kappa shape index (κ3) is 5.81. The lowest BCUT2D eigenvalue weighted by atomic mass is 9.72. The Labute approximate surface area is 214 Å². The highest BCUT2D eigenvalue weighted by atomic mass is 19.4. The highest BCUT2D eigenvalue weighted by molar-refractivity contribution is 5.80. The van der Waals surface area contributed by atoms with E-state index in [1.807, 2.05) is 55.4 Å². The molecule has 0 aliphatic carbocycles. The molecule has 0 aliphatic heterocycles. The van der Waals surface area contributed by atoms with Crippen LogP contribution in [0.4, 0.5) is 13.2 Å². The maximum absolute atomic E-state index is 14.4. The Morgan fingerprint density at radius 3 is 2.30 bits per heavy atom. The van der Waals surface area contributed by atoms with E-state index >= 15 is 0 Å². The van der Waals surface area contributed by atoms with Crippen molar-refractivity contribution >= 4 is 10.9 Å². The summed E-state index contributed by atoms with van der Waals surface area (Å²) in [4.78, 5) is 9.30. The smallest absolute Gasteiger partial charge is 0.417 e. The molecule has 0 aliphatic rings. The van der Waals surface area contributed by atoms with Gasteiger partial charge in [-0.3, -0.25) is 4.98 Å². The van der Waals surface area contributed by atoms with E-state index in [2.05, 4.69) is 9.97 Å². The second-order valence-electron chi connectivity index (χ2n) is 10.7. The minimum atomic E-state index is -4.90. The summed E-state index contributed by atoms with van der Waals surface area (Å²) in [6.45, 7) is 3.81. The van der Waals surface area contributed by atoms with Crippen molar-refractivity contribution in [3.63, 3.8) is 0 Å². The van der Waals surface area contributed by atoms with E-state index in [9.17, 15) is 23.4 Å². The van der Waals surface area contributed by atoms with Crippen molar-refractivity contribution in [2.75, 3.05) is 14.1 Å². The van der Waals surface area contributed by atoms with E-state index in [1.54, 1.807) is 38.2 Å². The number of aliphatic hydroxyl groups is 1. The lowest BCUT2D eigenvalue weighted by molar-refractivity contribution is -0.266. The third-order valence-electron chi connectivity index (χ3n) is 6.67. The molecule has 5 nitrogen and oxygen atoms in total. The molecule has 8 heteroatoms. The van der Waals surface area contributed by atoms with Crippen LogP contribution in [-0.2, 0) is 18.4 Å². The topological polar surface area (TPSA) is 72.4 Å². The van der Waals surface area contributed by atoms with Gasteiger partial charge in [-0.2, -0.15) is 13.2 Å². The summed E-state index contributed by atoms with van der Waals surface area (Å²) in [6, 6.07) is 17.8. The largest absolute Gasteiger partial charge is 0.508 e. The molecule has 0 radical (unpaired) electrons. The number of phenolic OH excluding ortho intramolecular Hbond substituents is 1. The average molecular weight is 512 g/mol. The number of halogens is 3. The van der Waals surface area contributed by atoms with Crippen molar-refractivity contribution in [1.82, 2.24) is 14.9 Å². The Balaban J connectivity index is 1.66. The maximum Gasteiger partial charge on any atom is 0.417 e. The molecule has 37 heavy (non-hydrogen) atoms. The fourth-order valence-corrected chi connectivity index (χ4v) is 4.94. The van der Waals surface area contributed by atoms with E-state index in [1.165, 1.54) is 6.07 Å². The van der Waals surface area contributed by atoms with Crippen LogP contribution in [0.2, 0.25) is 0 Å². The first-order valence-corrected chi connectivity index (χ1v) is 12.1. The van der Waals surface area contributed by atoms with Crippen LogP contribution in [0, 0.1) is 0 Å². The number of hydrogen-bond acceptors (Lipinski definition) is 4. The Morgan fingerprint density at radius 1 is 0.946 bits per heavy atom. The molecular formula is C29H32F3N3O2. The van der Waals surface area contributed by atoms with Crippen molar-refractivity contribution in [3.05, 3.63) is 83.8 Å². The van der Waals surface area contributed by atoms with E-state index < -0.39 is 30.0 Å². The summed E-state index contributed by atoms with van der Waals surface area (Å²) in [5, 5.41) is 22.5. The van der Waals surface area contributed by atoms with Gasteiger partial charge in [0.15, 0.2) is 5.60 Å². The molecule has 2 heterocycles. The van der Waals surface area contributed by atoms with Crippen LogP contribution in [0.15, 0.2) is 66.9 Å². The van der Waals surface area contributed by atoms with Crippen LogP contribution >= 0.6 is 0 Å². The molecule has 1 atom stereocenters.